The highest BCUT2D eigenvalue weighted by molar-refractivity contribution is 5.73. The summed E-state index contributed by atoms with van der Waals surface area (Å²) < 4.78 is 0. The summed E-state index contributed by atoms with van der Waals surface area (Å²) in [6.45, 7) is 3.48. The molecule has 1 aliphatic rings. The first-order chi connectivity index (χ1) is 9.24. The van der Waals surface area contributed by atoms with Gasteiger partial charge in [0.25, 0.3) is 0 Å². The Morgan fingerprint density at radius 2 is 2.00 bits per heavy atom. The van der Waals surface area contributed by atoms with Crippen molar-refractivity contribution in [2.45, 2.75) is 45.6 Å². The van der Waals surface area contributed by atoms with Gasteiger partial charge < -0.3 is 10.6 Å². The Morgan fingerprint density at radius 1 is 1.21 bits per heavy atom. The summed E-state index contributed by atoms with van der Waals surface area (Å²) in [5.74, 6) is 0.679. The molecule has 2 rings (SSSR count). The zero-order valence-electron chi connectivity index (χ0n) is 11.7. The normalized spacial score (nSPS) is 16.1. The second kappa shape index (κ2) is 7.17. The molecule has 0 saturated heterocycles. The van der Waals surface area contributed by atoms with E-state index in [4.69, 9.17) is 0 Å². The molecule has 0 atom stereocenters. The number of nitrogens with one attached hydrogen (secondary N) is 2. The fourth-order valence-electron chi connectivity index (χ4n) is 2.70. The van der Waals surface area contributed by atoms with E-state index in [1.54, 1.807) is 0 Å². The zero-order valence-corrected chi connectivity index (χ0v) is 11.7. The molecule has 2 amide bonds. The predicted molar refractivity (Wildman–Crippen MR) is 78.0 cm³/mol. The number of carbonyl (C=O) groups excluding carboxylic acids is 1. The lowest BCUT2D eigenvalue weighted by atomic mass is 9.89. The SMILES string of the molecule is Cc1cccc(CNC(=O)NCC2CCCCC2)c1. The molecule has 0 bridgehead atoms. The van der Waals surface area contributed by atoms with E-state index < -0.39 is 0 Å². The molecule has 0 spiro atoms. The number of urea groups is 1. The lowest BCUT2D eigenvalue weighted by Crippen LogP contribution is -2.38. The van der Waals surface area contributed by atoms with Crippen molar-refractivity contribution in [1.82, 2.24) is 10.6 Å². The molecular weight excluding hydrogens is 236 g/mol. The predicted octanol–water partition coefficient (Wildman–Crippen LogP) is 3.37. The van der Waals surface area contributed by atoms with Gasteiger partial charge in [0.15, 0.2) is 0 Å². The van der Waals surface area contributed by atoms with E-state index in [1.807, 2.05) is 12.1 Å². The van der Waals surface area contributed by atoms with Gasteiger partial charge in [0, 0.05) is 13.1 Å². The number of aryl methyl sites for hydroxylation is 1. The quantitative estimate of drug-likeness (QED) is 0.856. The third-order valence-corrected chi connectivity index (χ3v) is 3.81. The van der Waals surface area contributed by atoms with Gasteiger partial charge in [-0.05, 0) is 31.2 Å². The fraction of sp³-hybridized carbons (Fsp3) is 0.562. The summed E-state index contributed by atoms with van der Waals surface area (Å²) in [4.78, 5) is 11.7. The van der Waals surface area contributed by atoms with Crippen LogP contribution in [0, 0.1) is 12.8 Å². The molecule has 1 aromatic rings. The first-order valence-corrected chi connectivity index (χ1v) is 7.31. The maximum atomic E-state index is 11.7. The Kier molecular flexibility index (Phi) is 5.25. The number of hydrogen-bond acceptors (Lipinski definition) is 1. The van der Waals surface area contributed by atoms with E-state index in [9.17, 15) is 4.79 Å². The van der Waals surface area contributed by atoms with E-state index >= 15 is 0 Å². The van der Waals surface area contributed by atoms with Crippen LogP contribution in [0.3, 0.4) is 0 Å². The Bertz CT molecular complexity index is 411. The first kappa shape index (κ1) is 13.9. The average molecular weight is 260 g/mol. The molecule has 1 fully saturated rings. The molecule has 104 valence electrons. The standard InChI is InChI=1S/C16H24N2O/c1-13-6-5-9-15(10-13)12-18-16(19)17-11-14-7-3-2-4-8-14/h5-6,9-10,14H,2-4,7-8,11-12H2,1H3,(H2,17,18,19). The highest BCUT2D eigenvalue weighted by Gasteiger charge is 2.13. The summed E-state index contributed by atoms with van der Waals surface area (Å²) in [6, 6.07) is 8.17. The zero-order chi connectivity index (χ0) is 13.5. The van der Waals surface area contributed by atoms with Gasteiger partial charge in [-0.1, -0.05) is 49.1 Å². The van der Waals surface area contributed by atoms with Crippen LogP contribution in [-0.4, -0.2) is 12.6 Å². The molecule has 2 N–H and O–H groups in total. The summed E-state index contributed by atoms with van der Waals surface area (Å²) in [6.07, 6.45) is 6.51. The maximum absolute atomic E-state index is 11.7. The van der Waals surface area contributed by atoms with E-state index in [0.29, 0.717) is 12.5 Å². The van der Waals surface area contributed by atoms with E-state index in [-0.39, 0.29) is 6.03 Å². The summed E-state index contributed by atoms with van der Waals surface area (Å²) >= 11 is 0. The molecule has 3 nitrogen and oxygen atoms in total. The molecule has 3 heteroatoms. The van der Waals surface area contributed by atoms with Crippen molar-refractivity contribution in [3.8, 4) is 0 Å². The third kappa shape index (κ3) is 4.93. The van der Waals surface area contributed by atoms with Crippen LogP contribution in [0.2, 0.25) is 0 Å². The second-order valence-electron chi connectivity index (χ2n) is 5.56. The van der Waals surface area contributed by atoms with Crippen LogP contribution in [0.25, 0.3) is 0 Å². The smallest absolute Gasteiger partial charge is 0.315 e. The molecule has 1 aliphatic carbocycles. The van der Waals surface area contributed by atoms with Gasteiger partial charge in [0.2, 0.25) is 0 Å². The molecule has 0 unspecified atom stereocenters. The highest BCUT2D eigenvalue weighted by atomic mass is 16.2. The van der Waals surface area contributed by atoms with Crippen LogP contribution in [-0.2, 0) is 6.54 Å². The lowest BCUT2D eigenvalue weighted by Gasteiger charge is -2.21. The first-order valence-electron chi connectivity index (χ1n) is 7.31. The topological polar surface area (TPSA) is 41.1 Å². The van der Waals surface area contributed by atoms with Crippen LogP contribution in [0.15, 0.2) is 24.3 Å². The Balaban J connectivity index is 1.66. The summed E-state index contributed by atoms with van der Waals surface area (Å²) in [7, 11) is 0. The Hall–Kier alpha value is -1.51. The monoisotopic (exact) mass is 260 g/mol. The van der Waals surface area contributed by atoms with Crippen molar-refractivity contribution in [2.24, 2.45) is 5.92 Å². The van der Waals surface area contributed by atoms with Crippen LogP contribution in [0.4, 0.5) is 4.79 Å². The number of benzene rings is 1. The van der Waals surface area contributed by atoms with Gasteiger partial charge in [0.05, 0.1) is 0 Å². The Morgan fingerprint density at radius 3 is 2.74 bits per heavy atom. The molecule has 0 heterocycles. The summed E-state index contributed by atoms with van der Waals surface area (Å²) in [5, 5.41) is 5.90. The molecule has 1 aromatic carbocycles. The number of hydrogen-bond donors (Lipinski definition) is 2. The van der Waals surface area contributed by atoms with E-state index in [0.717, 1.165) is 12.1 Å². The van der Waals surface area contributed by atoms with Crippen LogP contribution in [0.5, 0.6) is 0 Å². The molecule has 1 saturated carbocycles. The van der Waals surface area contributed by atoms with E-state index in [1.165, 1.54) is 37.7 Å². The van der Waals surface area contributed by atoms with Crippen molar-refractivity contribution in [3.63, 3.8) is 0 Å². The molecule has 0 aliphatic heterocycles. The number of carbonyl (C=O) groups is 1. The number of amides is 2. The van der Waals surface area contributed by atoms with Crippen LogP contribution >= 0.6 is 0 Å². The van der Waals surface area contributed by atoms with Crippen LogP contribution < -0.4 is 10.6 Å². The number of rotatable bonds is 4. The van der Waals surface area contributed by atoms with Crippen LogP contribution in [0.1, 0.15) is 43.2 Å². The minimum Gasteiger partial charge on any atom is -0.338 e. The highest BCUT2D eigenvalue weighted by Crippen LogP contribution is 2.22. The largest absolute Gasteiger partial charge is 0.338 e. The van der Waals surface area contributed by atoms with Gasteiger partial charge in [0.1, 0.15) is 0 Å². The maximum Gasteiger partial charge on any atom is 0.315 e. The fourth-order valence-corrected chi connectivity index (χ4v) is 2.70. The van der Waals surface area contributed by atoms with Crippen molar-refractivity contribution in [1.29, 1.82) is 0 Å². The van der Waals surface area contributed by atoms with Gasteiger partial charge >= 0.3 is 6.03 Å². The second-order valence-corrected chi connectivity index (χ2v) is 5.56. The Labute approximate surface area is 115 Å². The molecule has 0 aromatic heterocycles. The molecule has 0 radical (unpaired) electrons. The van der Waals surface area contributed by atoms with Crippen molar-refractivity contribution < 1.29 is 4.79 Å². The molecular formula is C16H24N2O. The minimum absolute atomic E-state index is 0.0490. The van der Waals surface area contributed by atoms with Gasteiger partial charge in [-0.25, -0.2) is 4.79 Å². The average Bonchev–Trinajstić information content (AvgIpc) is 2.44. The van der Waals surface area contributed by atoms with Crippen molar-refractivity contribution in [3.05, 3.63) is 35.4 Å². The van der Waals surface area contributed by atoms with Crippen molar-refractivity contribution in [2.75, 3.05) is 6.54 Å². The third-order valence-electron chi connectivity index (χ3n) is 3.81. The van der Waals surface area contributed by atoms with Crippen molar-refractivity contribution >= 4 is 6.03 Å². The molecule has 19 heavy (non-hydrogen) atoms. The van der Waals surface area contributed by atoms with Gasteiger partial charge in [-0.2, -0.15) is 0 Å². The lowest BCUT2D eigenvalue weighted by molar-refractivity contribution is 0.236. The van der Waals surface area contributed by atoms with E-state index in [2.05, 4.69) is 29.7 Å². The van der Waals surface area contributed by atoms with Gasteiger partial charge in [-0.15, -0.1) is 0 Å². The minimum atomic E-state index is -0.0490. The summed E-state index contributed by atoms with van der Waals surface area (Å²) in [5.41, 5.74) is 2.37. The van der Waals surface area contributed by atoms with Gasteiger partial charge in [-0.3, -0.25) is 0 Å².